The van der Waals surface area contributed by atoms with Crippen molar-refractivity contribution in [2.75, 3.05) is 44.7 Å². The van der Waals surface area contributed by atoms with Crippen LogP contribution in [0.1, 0.15) is 6.92 Å². The number of piperazine rings is 1. The van der Waals surface area contributed by atoms with Gasteiger partial charge in [0.25, 0.3) is 5.89 Å². The molecule has 1 aromatic carbocycles. The lowest BCUT2D eigenvalue weighted by Crippen LogP contribution is -2.44. The zero-order valence-corrected chi connectivity index (χ0v) is 17.1. The Balaban J connectivity index is 1.40. The predicted octanol–water partition coefficient (Wildman–Crippen LogP) is 3.43. The first kappa shape index (κ1) is 18.6. The number of H-pyrrole nitrogens is 1. The van der Waals surface area contributed by atoms with E-state index in [-0.39, 0.29) is 0 Å². The number of benzene rings is 1. The van der Waals surface area contributed by atoms with Crippen LogP contribution in [0.25, 0.3) is 34.0 Å². The standard InChI is InChI=1S/C22H24N6O2/c1-3-29-16-8-7-15-13-19(23-18(15)14-16)22-25-21(26-30-22)17-5-4-6-20(24-17)28-11-9-27(2)10-12-28/h4-8,13-14,23H,3,9-12H2,1-2H3. The molecule has 0 unspecified atom stereocenters. The van der Waals surface area contributed by atoms with Crippen molar-refractivity contribution in [3.8, 4) is 28.9 Å². The van der Waals surface area contributed by atoms with Crippen molar-refractivity contribution in [2.45, 2.75) is 6.92 Å². The fourth-order valence-electron chi connectivity index (χ4n) is 3.67. The van der Waals surface area contributed by atoms with E-state index in [1.165, 1.54) is 0 Å². The van der Waals surface area contributed by atoms with Gasteiger partial charge in [-0.25, -0.2) is 4.98 Å². The molecular formula is C22H24N6O2. The van der Waals surface area contributed by atoms with Gasteiger partial charge in [-0.1, -0.05) is 11.2 Å². The van der Waals surface area contributed by atoms with E-state index in [2.05, 4.69) is 32.0 Å². The highest BCUT2D eigenvalue weighted by Crippen LogP contribution is 2.28. The molecule has 0 radical (unpaired) electrons. The number of aromatic amines is 1. The number of hydrogen-bond acceptors (Lipinski definition) is 7. The molecule has 4 aromatic rings. The Bertz CT molecular complexity index is 1160. The first-order valence-electron chi connectivity index (χ1n) is 10.2. The molecule has 3 aromatic heterocycles. The fourth-order valence-corrected chi connectivity index (χ4v) is 3.67. The monoisotopic (exact) mass is 404 g/mol. The van der Waals surface area contributed by atoms with Crippen molar-refractivity contribution >= 4 is 16.7 Å². The molecule has 5 rings (SSSR count). The van der Waals surface area contributed by atoms with Crippen molar-refractivity contribution in [1.82, 2.24) is 25.0 Å². The molecule has 8 nitrogen and oxygen atoms in total. The first-order chi connectivity index (χ1) is 14.7. The molecule has 0 bridgehead atoms. The van der Waals surface area contributed by atoms with Crippen LogP contribution < -0.4 is 9.64 Å². The minimum atomic E-state index is 0.436. The second kappa shape index (κ2) is 7.79. The summed E-state index contributed by atoms with van der Waals surface area (Å²) in [7, 11) is 2.14. The summed E-state index contributed by atoms with van der Waals surface area (Å²) < 4.78 is 11.1. The zero-order valence-electron chi connectivity index (χ0n) is 17.1. The van der Waals surface area contributed by atoms with Crippen molar-refractivity contribution in [3.63, 3.8) is 0 Å². The number of aromatic nitrogens is 4. The van der Waals surface area contributed by atoms with Crippen LogP contribution in [0.4, 0.5) is 5.82 Å². The summed E-state index contributed by atoms with van der Waals surface area (Å²) in [6, 6.07) is 13.9. The molecule has 30 heavy (non-hydrogen) atoms. The van der Waals surface area contributed by atoms with E-state index in [1.54, 1.807) is 0 Å². The summed E-state index contributed by atoms with van der Waals surface area (Å²) in [5.41, 5.74) is 2.44. The Morgan fingerprint density at radius 3 is 2.77 bits per heavy atom. The Labute approximate surface area is 174 Å². The van der Waals surface area contributed by atoms with Crippen LogP contribution in [0.2, 0.25) is 0 Å². The van der Waals surface area contributed by atoms with E-state index < -0.39 is 0 Å². The lowest BCUT2D eigenvalue weighted by Gasteiger charge is -2.33. The third-order valence-corrected chi connectivity index (χ3v) is 5.35. The number of anilines is 1. The molecule has 1 aliphatic heterocycles. The average molecular weight is 404 g/mol. The summed E-state index contributed by atoms with van der Waals surface area (Å²) in [4.78, 5) is 17.3. The highest BCUT2D eigenvalue weighted by molar-refractivity contribution is 5.85. The van der Waals surface area contributed by atoms with Crippen LogP contribution >= 0.6 is 0 Å². The van der Waals surface area contributed by atoms with Gasteiger partial charge in [-0.2, -0.15) is 4.98 Å². The van der Waals surface area contributed by atoms with Gasteiger partial charge in [0.1, 0.15) is 23.0 Å². The SMILES string of the molecule is CCOc1ccc2cc(-c3nc(-c4cccc(N5CCN(C)CC5)n4)no3)[nH]c2c1. The van der Waals surface area contributed by atoms with Crippen LogP contribution in [0, 0.1) is 0 Å². The zero-order chi connectivity index (χ0) is 20.5. The fraction of sp³-hybridized carbons (Fsp3) is 0.318. The number of ether oxygens (including phenoxy) is 1. The molecule has 0 spiro atoms. The van der Waals surface area contributed by atoms with Crippen molar-refractivity contribution in [3.05, 3.63) is 42.5 Å². The summed E-state index contributed by atoms with van der Waals surface area (Å²) >= 11 is 0. The number of pyridine rings is 1. The normalized spacial score (nSPS) is 15.1. The number of nitrogens with zero attached hydrogens (tertiary/aromatic N) is 5. The predicted molar refractivity (Wildman–Crippen MR) is 116 cm³/mol. The van der Waals surface area contributed by atoms with Crippen LogP contribution in [-0.2, 0) is 0 Å². The second-order valence-corrected chi connectivity index (χ2v) is 7.46. The van der Waals surface area contributed by atoms with Gasteiger partial charge in [0.15, 0.2) is 0 Å². The van der Waals surface area contributed by atoms with E-state index in [0.29, 0.717) is 24.0 Å². The van der Waals surface area contributed by atoms with Crippen molar-refractivity contribution in [2.24, 2.45) is 0 Å². The maximum atomic E-state index is 5.57. The maximum absolute atomic E-state index is 5.57. The number of rotatable bonds is 5. The molecular weight excluding hydrogens is 380 g/mol. The molecule has 1 fully saturated rings. The minimum Gasteiger partial charge on any atom is -0.494 e. The van der Waals surface area contributed by atoms with Crippen molar-refractivity contribution < 1.29 is 9.26 Å². The van der Waals surface area contributed by atoms with E-state index >= 15 is 0 Å². The smallest absolute Gasteiger partial charge is 0.274 e. The van der Waals surface area contributed by atoms with Crippen molar-refractivity contribution in [1.29, 1.82) is 0 Å². The molecule has 1 aliphatic rings. The highest BCUT2D eigenvalue weighted by Gasteiger charge is 2.18. The van der Waals surface area contributed by atoms with Gasteiger partial charge in [0.05, 0.1) is 6.61 Å². The number of nitrogens with one attached hydrogen (secondary N) is 1. The van der Waals surface area contributed by atoms with Gasteiger partial charge < -0.3 is 24.0 Å². The van der Waals surface area contributed by atoms with Crippen LogP contribution in [-0.4, -0.2) is 64.8 Å². The van der Waals surface area contributed by atoms with Gasteiger partial charge in [-0.3, -0.25) is 0 Å². The number of likely N-dealkylation sites (N-methyl/N-ethyl adjacent to an activating group) is 1. The van der Waals surface area contributed by atoms with Gasteiger partial charge >= 0.3 is 0 Å². The maximum Gasteiger partial charge on any atom is 0.274 e. The van der Waals surface area contributed by atoms with E-state index in [1.807, 2.05) is 49.4 Å². The first-order valence-corrected chi connectivity index (χ1v) is 10.2. The third-order valence-electron chi connectivity index (χ3n) is 5.35. The minimum absolute atomic E-state index is 0.436. The van der Waals surface area contributed by atoms with Gasteiger partial charge in [-0.05, 0) is 44.3 Å². The lowest BCUT2D eigenvalue weighted by atomic mass is 10.2. The summed E-state index contributed by atoms with van der Waals surface area (Å²) in [5.74, 6) is 2.69. The largest absolute Gasteiger partial charge is 0.494 e. The van der Waals surface area contributed by atoms with Gasteiger partial charge in [0, 0.05) is 43.1 Å². The van der Waals surface area contributed by atoms with E-state index in [0.717, 1.165) is 54.3 Å². The Kier molecular flexibility index (Phi) is 4.84. The third kappa shape index (κ3) is 3.61. The average Bonchev–Trinajstić information content (AvgIpc) is 3.41. The summed E-state index contributed by atoms with van der Waals surface area (Å²) in [6.45, 7) is 6.59. The Hall–Kier alpha value is -3.39. The topological polar surface area (TPSA) is 83.3 Å². The summed E-state index contributed by atoms with van der Waals surface area (Å²) in [6.07, 6.45) is 0. The molecule has 1 saturated heterocycles. The van der Waals surface area contributed by atoms with Crippen LogP contribution in [0.15, 0.2) is 47.0 Å². The highest BCUT2D eigenvalue weighted by atomic mass is 16.5. The molecule has 0 aliphatic carbocycles. The second-order valence-electron chi connectivity index (χ2n) is 7.46. The molecule has 1 N–H and O–H groups in total. The molecule has 4 heterocycles. The summed E-state index contributed by atoms with van der Waals surface area (Å²) in [5, 5.41) is 5.22. The Morgan fingerprint density at radius 1 is 1.07 bits per heavy atom. The molecule has 0 saturated carbocycles. The van der Waals surface area contributed by atoms with Gasteiger partial charge in [0.2, 0.25) is 5.82 Å². The van der Waals surface area contributed by atoms with Crippen LogP contribution in [0.5, 0.6) is 5.75 Å². The molecule has 8 heteroatoms. The quantitative estimate of drug-likeness (QED) is 0.546. The molecule has 0 amide bonds. The molecule has 0 atom stereocenters. The lowest BCUT2D eigenvalue weighted by molar-refractivity contribution is 0.312. The van der Waals surface area contributed by atoms with E-state index in [9.17, 15) is 0 Å². The van der Waals surface area contributed by atoms with E-state index in [4.69, 9.17) is 14.2 Å². The molecule has 154 valence electrons. The Morgan fingerprint density at radius 2 is 1.93 bits per heavy atom. The van der Waals surface area contributed by atoms with Gasteiger partial charge in [-0.15, -0.1) is 0 Å². The van der Waals surface area contributed by atoms with Crippen LogP contribution in [0.3, 0.4) is 0 Å². The number of fused-ring (bicyclic) bond motifs is 1. The number of hydrogen-bond donors (Lipinski definition) is 1.